The number of nitro groups is 1. The van der Waals surface area contributed by atoms with Crippen molar-refractivity contribution in [1.29, 1.82) is 0 Å². The summed E-state index contributed by atoms with van der Waals surface area (Å²) in [6.45, 7) is 8.91. The topological polar surface area (TPSA) is 72.2 Å². The Kier molecular flexibility index (Phi) is 3.74. The van der Waals surface area contributed by atoms with Crippen molar-refractivity contribution in [3.05, 3.63) is 33.4 Å². The van der Waals surface area contributed by atoms with E-state index in [9.17, 15) is 14.9 Å². The number of rotatable bonds is 2. The molecule has 98 valence electrons. The average Bonchev–Trinajstić information content (AvgIpc) is 2.23. The first-order chi connectivity index (χ1) is 8.14. The molecule has 0 saturated carbocycles. The zero-order valence-corrected chi connectivity index (χ0v) is 11.3. The molecule has 1 amide bonds. The molecule has 0 atom stereocenters. The lowest BCUT2D eigenvalue weighted by atomic mass is 9.95. The highest BCUT2D eigenvalue weighted by Gasteiger charge is 2.25. The second-order valence-corrected chi connectivity index (χ2v) is 5.36. The van der Waals surface area contributed by atoms with Crippen LogP contribution in [0.2, 0.25) is 0 Å². The molecule has 0 aromatic heterocycles. The van der Waals surface area contributed by atoms with E-state index in [4.69, 9.17) is 0 Å². The summed E-state index contributed by atoms with van der Waals surface area (Å²) >= 11 is 0. The van der Waals surface area contributed by atoms with Gasteiger partial charge in [0.2, 0.25) is 5.91 Å². The van der Waals surface area contributed by atoms with Gasteiger partial charge in [-0.1, -0.05) is 26.8 Å². The van der Waals surface area contributed by atoms with Gasteiger partial charge in [-0.2, -0.15) is 0 Å². The van der Waals surface area contributed by atoms with Gasteiger partial charge < -0.3 is 5.32 Å². The van der Waals surface area contributed by atoms with Crippen molar-refractivity contribution in [2.75, 3.05) is 5.32 Å². The molecular formula is C13H18N2O3. The molecule has 1 N–H and O–H groups in total. The predicted molar refractivity (Wildman–Crippen MR) is 70.7 cm³/mol. The Bertz CT molecular complexity index is 502. The minimum atomic E-state index is -0.593. The number of anilines is 1. The maximum atomic E-state index is 11.9. The third-order valence-electron chi connectivity index (χ3n) is 2.83. The quantitative estimate of drug-likeness (QED) is 0.647. The number of hydrogen-bond donors (Lipinski definition) is 1. The van der Waals surface area contributed by atoms with Crippen LogP contribution in [-0.2, 0) is 4.79 Å². The number of nitro benzene ring substituents is 1. The van der Waals surface area contributed by atoms with Gasteiger partial charge in [0, 0.05) is 11.5 Å². The SMILES string of the molecule is Cc1ccc([N+](=O)[O-])c(NC(=O)C(C)(C)C)c1C. The van der Waals surface area contributed by atoms with Crippen LogP contribution in [0.1, 0.15) is 31.9 Å². The second kappa shape index (κ2) is 4.76. The van der Waals surface area contributed by atoms with Crippen LogP contribution >= 0.6 is 0 Å². The molecule has 0 heterocycles. The number of carbonyl (C=O) groups is 1. The Balaban J connectivity index is 3.26. The third-order valence-corrected chi connectivity index (χ3v) is 2.83. The molecule has 0 unspecified atom stereocenters. The summed E-state index contributed by atoms with van der Waals surface area (Å²) in [6, 6.07) is 3.10. The lowest BCUT2D eigenvalue weighted by molar-refractivity contribution is -0.384. The molecule has 0 aliphatic rings. The molecule has 0 aliphatic carbocycles. The third kappa shape index (κ3) is 2.85. The predicted octanol–water partition coefficient (Wildman–Crippen LogP) is 3.20. The minimum Gasteiger partial charge on any atom is -0.320 e. The van der Waals surface area contributed by atoms with Crippen LogP contribution in [0.3, 0.4) is 0 Å². The standard InChI is InChI=1S/C13H18N2O3/c1-8-6-7-10(15(17)18)11(9(8)2)14-12(16)13(3,4)5/h6-7H,1-5H3,(H,14,16). The maximum absolute atomic E-state index is 11.9. The molecule has 0 aliphatic heterocycles. The Morgan fingerprint density at radius 3 is 2.28 bits per heavy atom. The van der Waals surface area contributed by atoms with E-state index in [1.807, 2.05) is 6.92 Å². The molecular weight excluding hydrogens is 232 g/mol. The molecule has 0 radical (unpaired) electrons. The molecule has 0 fully saturated rings. The fourth-order valence-corrected chi connectivity index (χ4v) is 1.41. The summed E-state index contributed by atoms with van der Waals surface area (Å²) in [5, 5.41) is 13.6. The van der Waals surface area contributed by atoms with E-state index in [2.05, 4.69) is 5.32 Å². The van der Waals surface area contributed by atoms with Crippen molar-refractivity contribution in [2.45, 2.75) is 34.6 Å². The molecule has 1 rings (SSSR count). The molecule has 1 aromatic rings. The number of benzene rings is 1. The van der Waals surface area contributed by atoms with E-state index in [1.54, 1.807) is 33.8 Å². The van der Waals surface area contributed by atoms with Gasteiger partial charge in [0.25, 0.3) is 5.69 Å². The van der Waals surface area contributed by atoms with Gasteiger partial charge in [-0.3, -0.25) is 14.9 Å². The van der Waals surface area contributed by atoms with E-state index in [-0.39, 0.29) is 11.6 Å². The van der Waals surface area contributed by atoms with Crippen LogP contribution in [0.25, 0.3) is 0 Å². The number of nitrogens with one attached hydrogen (secondary N) is 1. The molecule has 5 nitrogen and oxygen atoms in total. The first-order valence-electron chi connectivity index (χ1n) is 5.70. The average molecular weight is 250 g/mol. The number of nitrogens with zero attached hydrogens (tertiary/aromatic N) is 1. The summed E-state index contributed by atoms with van der Waals surface area (Å²) in [6.07, 6.45) is 0. The second-order valence-electron chi connectivity index (χ2n) is 5.36. The maximum Gasteiger partial charge on any atom is 0.293 e. The highest BCUT2D eigenvalue weighted by atomic mass is 16.6. The number of carbonyl (C=O) groups excluding carboxylic acids is 1. The van der Waals surface area contributed by atoms with Gasteiger partial charge in [0.05, 0.1) is 4.92 Å². The summed E-state index contributed by atoms with van der Waals surface area (Å²) in [7, 11) is 0. The van der Waals surface area contributed by atoms with Gasteiger partial charge in [-0.15, -0.1) is 0 Å². The van der Waals surface area contributed by atoms with Gasteiger partial charge in [0.15, 0.2) is 0 Å². The van der Waals surface area contributed by atoms with E-state index >= 15 is 0 Å². The van der Waals surface area contributed by atoms with E-state index in [0.29, 0.717) is 5.69 Å². The number of hydrogen-bond acceptors (Lipinski definition) is 3. The van der Waals surface area contributed by atoms with Crippen molar-refractivity contribution in [3.8, 4) is 0 Å². The first kappa shape index (κ1) is 14.2. The Labute approximate surface area is 106 Å². The molecule has 5 heteroatoms. The van der Waals surface area contributed by atoms with Gasteiger partial charge in [-0.25, -0.2) is 0 Å². The minimum absolute atomic E-state index is 0.0734. The van der Waals surface area contributed by atoms with Crippen LogP contribution in [0.15, 0.2) is 12.1 Å². The Morgan fingerprint density at radius 2 is 1.83 bits per heavy atom. The van der Waals surface area contributed by atoms with Crippen LogP contribution in [0.5, 0.6) is 0 Å². The number of amides is 1. The molecule has 0 bridgehead atoms. The summed E-state index contributed by atoms with van der Waals surface area (Å²) in [4.78, 5) is 22.4. The Morgan fingerprint density at radius 1 is 1.28 bits per heavy atom. The molecule has 0 saturated heterocycles. The van der Waals surface area contributed by atoms with Crippen LogP contribution in [-0.4, -0.2) is 10.8 Å². The van der Waals surface area contributed by atoms with Crippen molar-refractivity contribution in [2.24, 2.45) is 5.41 Å². The molecule has 18 heavy (non-hydrogen) atoms. The van der Waals surface area contributed by atoms with Crippen LogP contribution in [0, 0.1) is 29.4 Å². The van der Waals surface area contributed by atoms with Crippen molar-refractivity contribution < 1.29 is 9.72 Å². The van der Waals surface area contributed by atoms with Crippen molar-refractivity contribution >= 4 is 17.3 Å². The van der Waals surface area contributed by atoms with Crippen LogP contribution in [0.4, 0.5) is 11.4 Å². The van der Waals surface area contributed by atoms with Gasteiger partial charge in [0.1, 0.15) is 5.69 Å². The molecule has 0 spiro atoms. The van der Waals surface area contributed by atoms with Gasteiger partial charge >= 0.3 is 0 Å². The largest absolute Gasteiger partial charge is 0.320 e. The van der Waals surface area contributed by atoms with Gasteiger partial charge in [-0.05, 0) is 25.0 Å². The lowest BCUT2D eigenvalue weighted by Gasteiger charge is -2.19. The zero-order chi connectivity index (χ0) is 14.1. The normalized spacial score (nSPS) is 11.2. The monoisotopic (exact) mass is 250 g/mol. The summed E-state index contributed by atoms with van der Waals surface area (Å²) < 4.78 is 0. The van der Waals surface area contributed by atoms with Crippen molar-refractivity contribution in [1.82, 2.24) is 0 Å². The van der Waals surface area contributed by atoms with Crippen molar-refractivity contribution in [3.63, 3.8) is 0 Å². The fraction of sp³-hybridized carbons (Fsp3) is 0.462. The highest BCUT2D eigenvalue weighted by molar-refractivity contribution is 5.97. The Hall–Kier alpha value is -1.91. The summed E-state index contributed by atoms with van der Waals surface area (Å²) in [5.41, 5.74) is 1.26. The highest BCUT2D eigenvalue weighted by Crippen LogP contribution is 2.31. The zero-order valence-electron chi connectivity index (χ0n) is 11.3. The van der Waals surface area contributed by atoms with Crippen LogP contribution < -0.4 is 5.32 Å². The lowest BCUT2D eigenvalue weighted by Crippen LogP contribution is -2.28. The smallest absolute Gasteiger partial charge is 0.293 e. The van der Waals surface area contributed by atoms with E-state index in [1.165, 1.54) is 6.07 Å². The van der Waals surface area contributed by atoms with E-state index < -0.39 is 10.3 Å². The number of aryl methyl sites for hydroxylation is 1. The molecule has 1 aromatic carbocycles. The van der Waals surface area contributed by atoms with E-state index in [0.717, 1.165) is 11.1 Å². The summed E-state index contributed by atoms with van der Waals surface area (Å²) in [5.74, 6) is -0.237. The fourth-order valence-electron chi connectivity index (χ4n) is 1.41. The first-order valence-corrected chi connectivity index (χ1v) is 5.70.